The molecule has 1 atom stereocenters. The Morgan fingerprint density at radius 2 is 2.23 bits per heavy atom. The van der Waals surface area contributed by atoms with E-state index in [1.54, 1.807) is 7.11 Å². The smallest absolute Gasteiger partial charge is 0.166 e. The number of methoxy groups -OCH3 is 1. The van der Waals surface area contributed by atoms with Crippen LogP contribution in [0.15, 0.2) is 23.0 Å². The maximum Gasteiger partial charge on any atom is 0.166 e. The van der Waals surface area contributed by atoms with Gasteiger partial charge in [-0.1, -0.05) is 12.5 Å². The van der Waals surface area contributed by atoms with Gasteiger partial charge in [0.1, 0.15) is 0 Å². The summed E-state index contributed by atoms with van der Waals surface area (Å²) in [5.74, 6) is 1.43. The molecule has 2 heteroatoms. The maximum atomic E-state index is 11.6. The topological polar surface area (TPSA) is 26.3 Å². The monoisotopic (exact) mass is 178 g/mol. The van der Waals surface area contributed by atoms with Crippen LogP contribution < -0.4 is 0 Å². The van der Waals surface area contributed by atoms with Crippen LogP contribution in [0.3, 0.4) is 0 Å². The molecule has 0 bridgehead atoms. The first-order chi connectivity index (χ1) is 6.22. The standard InChI is InChI=1S/C11H14O2/c1-7-5-8-3-4-9(13-2)6-10(8)11(7)12/h6-7H,3-5H2,1-2H3. The van der Waals surface area contributed by atoms with Crippen LogP contribution in [-0.2, 0) is 9.53 Å². The van der Waals surface area contributed by atoms with E-state index in [0.717, 1.165) is 30.6 Å². The van der Waals surface area contributed by atoms with Gasteiger partial charge in [-0.3, -0.25) is 4.79 Å². The molecule has 2 rings (SSSR count). The number of allylic oxidation sites excluding steroid dienone is 4. The minimum atomic E-state index is 0.192. The van der Waals surface area contributed by atoms with Gasteiger partial charge in [0.05, 0.1) is 12.9 Å². The van der Waals surface area contributed by atoms with Gasteiger partial charge >= 0.3 is 0 Å². The van der Waals surface area contributed by atoms with Crippen molar-refractivity contribution in [1.29, 1.82) is 0 Å². The summed E-state index contributed by atoms with van der Waals surface area (Å²) in [5.41, 5.74) is 2.26. The first-order valence-electron chi connectivity index (χ1n) is 4.73. The Balaban J connectivity index is 2.31. The first-order valence-corrected chi connectivity index (χ1v) is 4.73. The van der Waals surface area contributed by atoms with Gasteiger partial charge in [-0.25, -0.2) is 0 Å². The molecule has 0 saturated carbocycles. The highest BCUT2D eigenvalue weighted by molar-refractivity contribution is 6.03. The van der Waals surface area contributed by atoms with Gasteiger partial charge in [0.2, 0.25) is 0 Å². The number of ether oxygens (including phenoxy) is 1. The highest BCUT2D eigenvalue weighted by Crippen LogP contribution is 2.36. The van der Waals surface area contributed by atoms with Gasteiger partial charge < -0.3 is 4.74 Å². The van der Waals surface area contributed by atoms with Crippen molar-refractivity contribution in [3.8, 4) is 0 Å². The summed E-state index contributed by atoms with van der Waals surface area (Å²) < 4.78 is 5.16. The van der Waals surface area contributed by atoms with E-state index in [-0.39, 0.29) is 5.92 Å². The normalized spacial score (nSPS) is 27.4. The summed E-state index contributed by atoms with van der Waals surface area (Å²) in [6.07, 6.45) is 4.84. The number of rotatable bonds is 1. The van der Waals surface area contributed by atoms with E-state index < -0.39 is 0 Å². The van der Waals surface area contributed by atoms with E-state index in [0.29, 0.717) is 5.78 Å². The van der Waals surface area contributed by atoms with Crippen molar-refractivity contribution in [1.82, 2.24) is 0 Å². The van der Waals surface area contributed by atoms with Crippen LogP contribution in [0.2, 0.25) is 0 Å². The fourth-order valence-corrected chi connectivity index (χ4v) is 2.09. The van der Waals surface area contributed by atoms with Crippen LogP contribution in [0.4, 0.5) is 0 Å². The average molecular weight is 178 g/mol. The van der Waals surface area contributed by atoms with Crippen molar-refractivity contribution < 1.29 is 9.53 Å². The lowest BCUT2D eigenvalue weighted by atomic mass is 9.99. The van der Waals surface area contributed by atoms with Crippen molar-refractivity contribution in [3.05, 3.63) is 23.0 Å². The molecule has 2 nitrogen and oxygen atoms in total. The number of Topliss-reactive ketones (excluding diaryl/α,β-unsaturated/α-hetero) is 1. The van der Waals surface area contributed by atoms with E-state index >= 15 is 0 Å². The second-order valence-corrected chi connectivity index (χ2v) is 3.80. The van der Waals surface area contributed by atoms with Gasteiger partial charge in [-0.05, 0) is 18.9 Å². The molecule has 1 unspecified atom stereocenters. The Kier molecular flexibility index (Phi) is 1.98. The lowest BCUT2D eigenvalue weighted by molar-refractivity contribution is -0.117. The molecule has 2 aliphatic carbocycles. The molecular formula is C11H14O2. The quantitative estimate of drug-likeness (QED) is 0.615. The van der Waals surface area contributed by atoms with Gasteiger partial charge in [0.25, 0.3) is 0 Å². The summed E-state index contributed by atoms with van der Waals surface area (Å²) in [6.45, 7) is 2.00. The summed E-state index contributed by atoms with van der Waals surface area (Å²) in [5, 5.41) is 0. The number of hydrogen-bond acceptors (Lipinski definition) is 2. The molecule has 0 aliphatic heterocycles. The molecule has 0 heterocycles. The van der Waals surface area contributed by atoms with E-state index in [4.69, 9.17) is 4.74 Å². The fourth-order valence-electron chi connectivity index (χ4n) is 2.09. The Labute approximate surface area is 78.3 Å². The van der Waals surface area contributed by atoms with Crippen molar-refractivity contribution >= 4 is 5.78 Å². The third-order valence-corrected chi connectivity index (χ3v) is 2.89. The van der Waals surface area contributed by atoms with E-state index in [1.165, 1.54) is 5.57 Å². The minimum absolute atomic E-state index is 0.192. The summed E-state index contributed by atoms with van der Waals surface area (Å²) in [7, 11) is 1.67. The van der Waals surface area contributed by atoms with Crippen molar-refractivity contribution in [2.45, 2.75) is 26.2 Å². The predicted octanol–water partition coefficient (Wildman–Crippen LogP) is 2.22. The summed E-state index contributed by atoms with van der Waals surface area (Å²) in [4.78, 5) is 11.6. The largest absolute Gasteiger partial charge is 0.501 e. The van der Waals surface area contributed by atoms with Crippen LogP contribution in [-0.4, -0.2) is 12.9 Å². The van der Waals surface area contributed by atoms with E-state index in [1.807, 2.05) is 13.0 Å². The molecular weight excluding hydrogens is 164 g/mol. The van der Waals surface area contributed by atoms with E-state index in [2.05, 4.69) is 0 Å². The molecule has 0 spiro atoms. The van der Waals surface area contributed by atoms with Gasteiger partial charge in [-0.2, -0.15) is 0 Å². The molecule has 70 valence electrons. The first kappa shape index (κ1) is 8.54. The molecule has 0 radical (unpaired) electrons. The lowest BCUT2D eigenvalue weighted by Gasteiger charge is -2.12. The third kappa shape index (κ3) is 1.30. The minimum Gasteiger partial charge on any atom is -0.501 e. The van der Waals surface area contributed by atoms with Crippen molar-refractivity contribution in [2.75, 3.05) is 7.11 Å². The molecule has 0 aromatic carbocycles. The summed E-state index contributed by atoms with van der Waals surface area (Å²) in [6, 6.07) is 0. The molecule has 0 aromatic rings. The van der Waals surface area contributed by atoms with Crippen LogP contribution in [0.5, 0.6) is 0 Å². The zero-order valence-electron chi connectivity index (χ0n) is 8.09. The van der Waals surface area contributed by atoms with Crippen LogP contribution in [0.25, 0.3) is 0 Å². The Morgan fingerprint density at radius 3 is 2.92 bits per heavy atom. The van der Waals surface area contributed by atoms with Gasteiger partial charge in [0, 0.05) is 17.9 Å². The van der Waals surface area contributed by atoms with E-state index in [9.17, 15) is 4.79 Å². The predicted molar refractivity (Wildman–Crippen MR) is 50.1 cm³/mol. The zero-order chi connectivity index (χ0) is 9.42. The summed E-state index contributed by atoms with van der Waals surface area (Å²) >= 11 is 0. The van der Waals surface area contributed by atoms with Gasteiger partial charge in [-0.15, -0.1) is 0 Å². The van der Waals surface area contributed by atoms with Crippen LogP contribution >= 0.6 is 0 Å². The lowest BCUT2D eigenvalue weighted by Crippen LogP contribution is -2.06. The Bertz CT molecular complexity index is 310. The average Bonchev–Trinajstić information content (AvgIpc) is 2.43. The molecule has 2 aliphatic rings. The highest BCUT2D eigenvalue weighted by Gasteiger charge is 2.30. The SMILES string of the molecule is COC1=CC2=C(CC1)CC(C)C2=O. The Morgan fingerprint density at radius 1 is 1.46 bits per heavy atom. The fraction of sp³-hybridized carbons (Fsp3) is 0.545. The molecule has 0 aromatic heterocycles. The maximum absolute atomic E-state index is 11.6. The molecule has 0 N–H and O–H groups in total. The molecule has 0 fully saturated rings. The van der Waals surface area contributed by atoms with Crippen LogP contribution in [0.1, 0.15) is 26.2 Å². The number of carbonyl (C=O) groups excluding carboxylic acids is 1. The molecule has 0 amide bonds. The number of hydrogen-bond donors (Lipinski definition) is 0. The molecule has 0 saturated heterocycles. The number of ketones is 1. The Hall–Kier alpha value is -1.05. The zero-order valence-corrected chi connectivity index (χ0v) is 8.09. The second-order valence-electron chi connectivity index (χ2n) is 3.80. The van der Waals surface area contributed by atoms with Crippen molar-refractivity contribution in [2.24, 2.45) is 5.92 Å². The van der Waals surface area contributed by atoms with Crippen molar-refractivity contribution in [3.63, 3.8) is 0 Å². The van der Waals surface area contributed by atoms with Gasteiger partial charge in [0.15, 0.2) is 5.78 Å². The van der Waals surface area contributed by atoms with Crippen LogP contribution in [0, 0.1) is 5.92 Å². The highest BCUT2D eigenvalue weighted by atomic mass is 16.5. The number of carbonyl (C=O) groups is 1. The third-order valence-electron chi connectivity index (χ3n) is 2.89. The molecule has 13 heavy (non-hydrogen) atoms. The second kappa shape index (κ2) is 3.02.